The smallest absolute Gasteiger partial charge is 0.209 e. The third-order valence-electron chi connectivity index (χ3n) is 12.6. The molecule has 3 aliphatic carbocycles. The minimum atomic E-state index is 0.264. The maximum absolute atomic E-state index is 8.64. The molecule has 82 heavy (non-hydrogen) atoms. The number of amidine groups is 8. The third-order valence-corrected chi connectivity index (χ3v) is 12.6. The summed E-state index contributed by atoms with van der Waals surface area (Å²) in [5.74, 6) is 7.69. The van der Waals surface area contributed by atoms with Gasteiger partial charge in [0.15, 0.2) is 6.19 Å². The van der Waals surface area contributed by atoms with Gasteiger partial charge in [0, 0.05) is 134 Å². The molecule has 0 aliphatic heterocycles. The van der Waals surface area contributed by atoms with Crippen molar-refractivity contribution < 1.29 is 0 Å². The standard InChI is InChI=1S/C11H20N4.2C7H14N2.C5H10N4.4C5H12N2.2C4H10N2/c1-3-15(2)11(13-9-12)14-10-7-5-4-6-8-10;2*1-3-9(2)7(8)6-4-5-6;1-3-9(2)5(7)8-4-6;4*1-4-7(3)5(2)6;2*1-3-6-4(2)5/h10H,3-8H2,1-2H3,(H,13,14);2*6,8H,3-5H2,1-2H3;3H2,1-2H3,(H2,7,8);4*6H,4H2,1-3H3;2*3H2,1-2H3,(H2,5,6). The average molecular weight is 1160 g/mol. The van der Waals surface area contributed by atoms with Gasteiger partial charge in [-0.1, -0.05) is 19.3 Å². The normalized spacial score (nSPS) is 13.0. The van der Waals surface area contributed by atoms with Crippen LogP contribution in [0.4, 0.5) is 0 Å². The zero-order chi connectivity index (χ0) is 65.5. The number of rotatable bonds is 13. The summed E-state index contributed by atoms with van der Waals surface area (Å²) in [7, 11) is 15.3. The second kappa shape index (κ2) is 58.9. The molecule has 0 saturated heterocycles. The first-order valence-electron chi connectivity index (χ1n) is 29.3. The highest BCUT2D eigenvalue weighted by Gasteiger charge is 2.28. The van der Waals surface area contributed by atoms with E-state index in [9.17, 15) is 0 Å². The minimum Gasteiger partial charge on any atom is -0.388 e. The van der Waals surface area contributed by atoms with Crippen molar-refractivity contribution in [3.8, 4) is 12.4 Å². The molecular formula is C58H126N24. The Balaban J connectivity index is -0.000000155. The lowest BCUT2D eigenvalue weighted by Crippen LogP contribution is -2.37. The Morgan fingerprint density at radius 3 is 0.890 bits per heavy atom. The van der Waals surface area contributed by atoms with E-state index in [4.69, 9.17) is 60.2 Å². The van der Waals surface area contributed by atoms with E-state index in [2.05, 4.69) is 46.1 Å². The molecule has 0 unspecified atom stereocenters. The lowest BCUT2D eigenvalue weighted by molar-refractivity contribution is 0.431. The second-order valence-electron chi connectivity index (χ2n) is 19.6. The van der Waals surface area contributed by atoms with Crippen LogP contribution < -0.4 is 22.5 Å². The van der Waals surface area contributed by atoms with Crippen molar-refractivity contribution in [3.63, 3.8) is 0 Å². The number of nitrogens with one attached hydrogen (secondary N) is 7. The maximum Gasteiger partial charge on any atom is 0.209 e. The van der Waals surface area contributed by atoms with E-state index in [1.54, 1.807) is 59.7 Å². The van der Waals surface area contributed by atoms with Crippen LogP contribution >= 0.6 is 0 Å². The monoisotopic (exact) mass is 1160 g/mol. The summed E-state index contributed by atoms with van der Waals surface area (Å²) in [5.41, 5.74) is 15.6. The zero-order valence-electron chi connectivity index (χ0n) is 56.7. The van der Waals surface area contributed by atoms with Gasteiger partial charge in [-0.15, -0.1) is 4.99 Å². The Bertz CT molecular complexity index is 1730. The van der Waals surface area contributed by atoms with Crippen molar-refractivity contribution in [2.45, 2.75) is 175 Å². The van der Waals surface area contributed by atoms with Crippen molar-refractivity contribution in [1.82, 2.24) is 44.5 Å². The summed E-state index contributed by atoms with van der Waals surface area (Å²) in [5, 5.41) is 62.5. The number of nitrogens with two attached hydrogens (primary N) is 3. The van der Waals surface area contributed by atoms with Gasteiger partial charge in [-0.2, -0.15) is 10.5 Å². The first-order valence-corrected chi connectivity index (χ1v) is 29.3. The van der Waals surface area contributed by atoms with Crippen LogP contribution in [-0.4, -0.2) is 226 Å². The quantitative estimate of drug-likeness (QED) is 0.0357. The van der Waals surface area contributed by atoms with E-state index < -0.39 is 0 Å². The molecule has 0 radical (unpaired) electrons. The van der Waals surface area contributed by atoms with Gasteiger partial charge >= 0.3 is 0 Å². The molecule has 0 aromatic rings. The van der Waals surface area contributed by atoms with E-state index in [1.807, 2.05) is 138 Å². The van der Waals surface area contributed by atoms with Crippen LogP contribution in [0.5, 0.6) is 0 Å². The van der Waals surface area contributed by atoms with Crippen LogP contribution in [0.25, 0.3) is 0 Å². The molecule has 13 N–H and O–H groups in total. The highest BCUT2D eigenvalue weighted by atomic mass is 15.3. The first-order chi connectivity index (χ1) is 38.3. The lowest BCUT2D eigenvalue weighted by Gasteiger charge is -2.22. The van der Waals surface area contributed by atoms with Crippen molar-refractivity contribution in [2.24, 2.45) is 49.0 Å². The molecular weight excluding hydrogens is 1030 g/mol. The summed E-state index contributed by atoms with van der Waals surface area (Å²) in [6.07, 6.45) is 14.7. The van der Waals surface area contributed by atoms with Crippen molar-refractivity contribution in [2.75, 3.05) is 122 Å². The first kappa shape index (κ1) is 89.1. The Morgan fingerprint density at radius 2 is 0.720 bits per heavy atom. The molecule has 3 fully saturated rings. The van der Waals surface area contributed by atoms with Crippen molar-refractivity contribution in [3.05, 3.63) is 0 Å². The number of nitriles is 2. The summed E-state index contributed by atoms with van der Waals surface area (Å²) < 4.78 is 0. The molecule has 24 nitrogen and oxygen atoms in total. The lowest BCUT2D eigenvalue weighted by atomic mass is 9.96. The molecule has 3 rings (SSSR count). The number of hydrogen-bond acceptors (Lipinski definition) is 12. The van der Waals surface area contributed by atoms with Crippen LogP contribution in [-0.2, 0) is 0 Å². The van der Waals surface area contributed by atoms with Gasteiger partial charge < -0.3 is 56.4 Å². The molecule has 3 saturated carbocycles. The summed E-state index contributed by atoms with van der Waals surface area (Å²) >= 11 is 0. The zero-order valence-corrected chi connectivity index (χ0v) is 56.7. The minimum absolute atomic E-state index is 0.264. The van der Waals surface area contributed by atoms with E-state index in [-0.39, 0.29) is 5.96 Å². The van der Waals surface area contributed by atoms with Crippen LogP contribution in [0.2, 0.25) is 0 Å². The number of nitrogens with zero attached hydrogens (tertiary/aromatic N) is 14. The highest BCUT2D eigenvalue weighted by molar-refractivity contribution is 5.84. The molecule has 0 aromatic carbocycles. The third kappa shape index (κ3) is 60.9. The number of aliphatic imine (C=N–C) groups is 4. The largest absolute Gasteiger partial charge is 0.388 e. The van der Waals surface area contributed by atoms with Gasteiger partial charge in [-0.3, -0.25) is 47.8 Å². The highest BCUT2D eigenvalue weighted by Crippen LogP contribution is 2.31. The Morgan fingerprint density at radius 1 is 0.439 bits per heavy atom. The molecule has 24 heteroatoms. The van der Waals surface area contributed by atoms with E-state index in [0.29, 0.717) is 58.9 Å². The molecule has 0 aromatic heterocycles. The second-order valence-corrected chi connectivity index (χ2v) is 19.6. The molecule has 3 aliphatic rings. The molecule has 0 heterocycles. The van der Waals surface area contributed by atoms with Crippen LogP contribution in [0.1, 0.15) is 169 Å². The number of hydrogen-bond donors (Lipinski definition) is 10. The average Bonchev–Trinajstić information content (AvgIpc) is 4.40. The van der Waals surface area contributed by atoms with Gasteiger partial charge in [0.25, 0.3) is 0 Å². The topological polar surface area (TPSA) is 356 Å². The Kier molecular flexibility index (Phi) is 64.0. The van der Waals surface area contributed by atoms with E-state index in [0.717, 1.165) is 90.0 Å². The van der Waals surface area contributed by atoms with Gasteiger partial charge in [-0.25, -0.2) is 4.99 Å². The van der Waals surface area contributed by atoms with Crippen molar-refractivity contribution in [1.29, 1.82) is 43.0 Å². The fraction of sp³-hybridized carbons (Fsp3) is 0.793. The van der Waals surface area contributed by atoms with E-state index >= 15 is 0 Å². The molecule has 478 valence electrons. The predicted octanol–water partition coefficient (Wildman–Crippen LogP) is 8.59. The summed E-state index contributed by atoms with van der Waals surface area (Å²) in [4.78, 5) is 30.7. The molecule has 0 atom stereocenters. The maximum atomic E-state index is 8.64. The van der Waals surface area contributed by atoms with Crippen LogP contribution in [0, 0.1) is 67.2 Å². The predicted molar refractivity (Wildman–Crippen MR) is 357 cm³/mol. The Hall–Kier alpha value is -6.72. The van der Waals surface area contributed by atoms with E-state index in [1.165, 1.54) is 44.9 Å². The van der Waals surface area contributed by atoms with Crippen LogP contribution in [0.3, 0.4) is 0 Å². The van der Waals surface area contributed by atoms with Crippen LogP contribution in [0.15, 0.2) is 20.0 Å². The fourth-order valence-corrected chi connectivity index (χ4v) is 5.23. The SMILES string of the molecule is CCN(C)C(=N)C1CC1.CCN(C)C(=N)C1CC1.CCN(C)C(=NC1CCCCC1)NC#N.CCN(C)C(C)=N.CCN(C)C(C)=N.CCN(C)C(C)=N.CCN(C)C(C)=N.CCN(C)C(N)=NC#N.CCN=C(C)N.CCN=C(C)N. The number of guanidine groups is 2. The summed E-state index contributed by atoms with van der Waals surface area (Å²) in [6.45, 7) is 39.7. The van der Waals surface area contributed by atoms with Crippen molar-refractivity contribution >= 4 is 58.6 Å². The fourth-order valence-electron chi connectivity index (χ4n) is 5.23. The molecule has 0 amide bonds. The molecule has 0 spiro atoms. The Labute approximate surface area is 502 Å². The molecule has 0 bridgehead atoms. The van der Waals surface area contributed by atoms with Gasteiger partial charge in [0.2, 0.25) is 18.1 Å². The van der Waals surface area contributed by atoms with Gasteiger partial charge in [0.05, 0.1) is 52.7 Å². The summed E-state index contributed by atoms with van der Waals surface area (Å²) in [6, 6.07) is 0.406. The van der Waals surface area contributed by atoms with Gasteiger partial charge in [-0.05, 0) is 149 Å². The van der Waals surface area contributed by atoms with Gasteiger partial charge in [0.1, 0.15) is 0 Å².